The number of carbonyl (C=O) groups excluding carboxylic acids is 1. The monoisotopic (exact) mass is 398 g/mol. The number of carboxylic acid groups (broad SMARTS) is 1. The Labute approximate surface area is 156 Å². The van der Waals surface area contributed by atoms with Gasteiger partial charge in [0.2, 0.25) is 0 Å². The fraction of sp³-hybridized carbons (Fsp3) is 0.267. The second-order valence-corrected chi connectivity index (χ2v) is 6.47. The minimum absolute atomic E-state index is 0.00381. The zero-order valence-electron chi connectivity index (χ0n) is 13.1. The van der Waals surface area contributed by atoms with Gasteiger partial charge in [0.05, 0.1) is 15.0 Å². The molecule has 9 nitrogen and oxygen atoms in total. The number of aliphatic carboxylic acids is 1. The highest BCUT2D eigenvalue weighted by Crippen LogP contribution is 2.33. The van der Waals surface area contributed by atoms with Gasteiger partial charge in [-0.2, -0.15) is 5.10 Å². The third-order valence-electron chi connectivity index (χ3n) is 4.05. The standard InChI is InChI=1S/C15H12Cl2N4O5/c16-9-6-8(21(25)26)7-10(17)13(9)20-5-3-11(18-20)14(22)19-4-1-2-12(19)15(23)24/h3,5-7,12H,1-2,4H2,(H,23,24)/t12-/m1/s1. The van der Waals surface area contributed by atoms with E-state index in [0.29, 0.717) is 19.4 Å². The summed E-state index contributed by atoms with van der Waals surface area (Å²) < 4.78 is 1.23. The molecule has 1 amide bonds. The Balaban J connectivity index is 1.92. The van der Waals surface area contributed by atoms with Gasteiger partial charge in [-0.05, 0) is 18.9 Å². The molecule has 1 atom stereocenters. The molecule has 136 valence electrons. The third-order valence-corrected chi connectivity index (χ3v) is 4.62. The number of hydrogen-bond donors (Lipinski definition) is 1. The lowest BCUT2D eigenvalue weighted by atomic mass is 10.2. The van der Waals surface area contributed by atoms with Crippen LogP contribution in [0.1, 0.15) is 23.3 Å². The summed E-state index contributed by atoms with van der Waals surface area (Å²) in [5, 5.41) is 24.1. The summed E-state index contributed by atoms with van der Waals surface area (Å²) in [6.45, 7) is 0.335. The van der Waals surface area contributed by atoms with E-state index in [-0.39, 0.29) is 27.1 Å². The highest BCUT2D eigenvalue weighted by atomic mass is 35.5. The number of benzene rings is 1. The van der Waals surface area contributed by atoms with Gasteiger partial charge in [-0.1, -0.05) is 23.2 Å². The predicted octanol–water partition coefficient (Wildman–Crippen LogP) is 2.78. The quantitative estimate of drug-likeness (QED) is 0.624. The van der Waals surface area contributed by atoms with Crippen LogP contribution in [0.3, 0.4) is 0 Å². The summed E-state index contributed by atoms with van der Waals surface area (Å²) in [6.07, 6.45) is 2.42. The largest absolute Gasteiger partial charge is 0.480 e. The van der Waals surface area contributed by atoms with E-state index in [1.165, 1.54) is 21.8 Å². The van der Waals surface area contributed by atoms with Crippen molar-refractivity contribution in [2.75, 3.05) is 6.54 Å². The summed E-state index contributed by atoms with van der Waals surface area (Å²) in [5.74, 6) is -1.57. The number of hydrogen-bond acceptors (Lipinski definition) is 5. The molecule has 1 fully saturated rings. The maximum absolute atomic E-state index is 12.6. The summed E-state index contributed by atoms with van der Waals surface area (Å²) in [5.41, 5.74) is -0.0496. The fourth-order valence-electron chi connectivity index (χ4n) is 2.85. The molecule has 11 heteroatoms. The Morgan fingerprint density at radius 3 is 2.54 bits per heavy atom. The Morgan fingerprint density at radius 1 is 1.31 bits per heavy atom. The van der Waals surface area contributed by atoms with E-state index in [9.17, 15) is 24.8 Å². The SMILES string of the molecule is O=C(O)[C@H]1CCCN1C(=O)c1ccn(-c2c(Cl)cc([N+](=O)[O-])cc2Cl)n1. The summed E-state index contributed by atoms with van der Waals surface area (Å²) in [6, 6.07) is 2.80. The molecule has 26 heavy (non-hydrogen) atoms. The van der Waals surface area contributed by atoms with E-state index >= 15 is 0 Å². The second kappa shape index (κ2) is 6.93. The van der Waals surface area contributed by atoms with Gasteiger partial charge in [0.15, 0.2) is 5.69 Å². The Hall–Kier alpha value is -2.65. The van der Waals surface area contributed by atoms with Crippen molar-refractivity contribution in [1.82, 2.24) is 14.7 Å². The number of carbonyl (C=O) groups is 2. The first-order chi connectivity index (χ1) is 12.3. The molecular weight excluding hydrogens is 387 g/mol. The van der Waals surface area contributed by atoms with E-state index < -0.39 is 22.8 Å². The molecule has 0 unspecified atom stereocenters. The molecule has 1 aromatic heterocycles. The van der Waals surface area contributed by atoms with E-state index in [1.54, 1.807) is 0 Å². The molecule has 3 rings (SSSR count). The molecule has 1 aliphatic rings. The van der Waals surface area contributed by atoms with Crippen LogP contribution in [0.25, 0.3) is 5.69 Å². The molecule has 1 aliphatic heterocycles. The van der Waals surface area contributed by atoms with Crippen molar-refractivity contribution in [2.24, 2.45) is 0 Å². The van der Waals surface area contributed by atoms with Gasteiger partial charge >= 0.3 is 5.97 Å². The minimum Gasteiger partial charge on any atom is -0.480 e. The number of likely N-dealkylation sites (tertiary alicyclic amines) is 1. The maximum Gasteiger partial charge on any atom is 0.326 e. The van der Waals surface area contributed by atoms with Crippen molar-refractivity contribution in [3.8, 4) is 5.69 Å². The van der Waals surface area contributed by atoms with Gasteiger partial charge in [-0.3, -0.25) is 14.9 Å². The highest BCUT2D eigenvalue weighted by Gasteiger charge is 2.35. The topological polar surface area (TPSA) is 119 Å². The normalized spacial score (nSPS) is 16.7. The zero-order chi connectivity index (χ0) is 19.0. The van der Waals surface area contributed by atoms with Crippen LogP contribution in [0.4, 0.5) is 5.69 Å². The molecule has 0 radical (unpaired) electrons. The number of aromatic nitrogens is 2. The van der Waals surface area contributed by atoms with Crippen molar-refractivity contribution in [1.29, 1.82) is 0 Å². The van der Waals surface area contributed by atoms with E-state index in [4.69, 9.17) is 23.2 Å². The molecule has 2 aromatic rings. The van der Waals surface area contributed by atoms with Crippen LogP contribution in [0.15, 0.2) is 24.4 Å². The van der Waals surface area contributed by atoms with Gasteiger partial charge in [0, 0.05) is 24.9 Å². The van der Waals surface area contributed by atoms with Gasteiger partial charge < -0.3 is 10.0 Å². The number of halogens is 2. The number of nitrogens with zero attached hydrogens (tertiary/aromatic N) is 4. The molecule has 1 aromatic carbocycles. The van der Waals surface area contributed by atoms with Crippen LogP contribution < -0.4 is 0 Å². The average Bonchev–Trinajstić information content (AvgIpc) is 3.23. The summed E-state index contributed by atoms with van der Waals surface area (Å²) in [4.78, 5) is 35.3. The van der Waals surface area contributed by atoms with Gasteiger partial charge in [-0.25, -0.2) is 9.48 Å². The van der Waals surface area contributed by atoms with Gasteiger partial charge in [-0.15, -0.1) is 0 Å². The Kier molecular flexibility index (Phi) is 4.84. The van der Waals surface area contributed by atoms with E-state index in [1.807, 2.05) is 0 Å². The molecule has 1 saturated heterocycles. The third kappa shape index (κ3) is 3.23. The van der Waals surface area contributed by atoms with Gasteiger partial charge in [0.1, 0.15) is 11.7 Å². The van der Waals surface area contributed by atoms with Crippen molar-refractivity contribution in [2.45, 2.75) is 18.9 Å². The number of rotatable bonds is 4. The number of nitro groups is 1. The molecule has 0 saturated carbocycles. The maximum atomic E-state index is 12.6. The number of non-ortho nitro benzene ring substituents is 1. The molecule has 1 N–H and O–H groups in total. The van der Waals surface area contributed by atoms with Crippen LogP contribution in [0.5, 0.6) is 0 Å². The predicted molar refractivity (Wildman–Crippen MR) is 91.9 cm³/mol. The van der Waals surface area contributed by atoms with Crippen LogP contribution >= 0.6 is 23.2 Å². The van der Waals surface area contributed by atoms with Crippen molar-refractivity contribution in [3.05, 3.63) is 50.2 Å². The van der Waals surface area contributed by atoms with Crippen molar-refractivity contribution < 1.29 is 19.6 Å². The van der Waals surface area contributed by atoms with Gasteiger partial charge in [0.25, 0.3) is 11.6 Å². The number of carboxylic acids is 1. The van der Waals surface area contributed by atoms with Crippen LogP contribution in [0.2, 0.25) is 10.0 Å². The second-order valence-electron chi connectivity index (χ2n) is 5.66. The zero-order valence-corrected chi connectivity index (χ0v) is 14.6. The first-order valence-corrected chi connectivity index (χ1v) is 8.28. The van der Waals surface area contributed by atoms with E-state index in [0.717, 1.165) is 12.1 Å². The lowest BCUT2D eigenvalue weighted by Gasteiger charge is -2.20. The highest BCUT2D eigenvalue weighted by molar-refractivity contribution is 6.38. The average molecular weight is 399 g/mol. The lowest BCUT2D eigenvalue weighted by Crippen LogP contribution is -2.40. The van der Waals surface area contributed by atoms with Crippen LogP contribution in [-0.4, -0.2) is 49.2 Å². The van der Waals surface area contributed by atoms with E-state index in [2.05, 4.69) is 5.10 Å². The Bertz CT molecular complexity index is 890. The Morgan fingerprint density at radius 2 is 1.96 bits per heavy atom. The molecule has 0 spiro atoms. The molecule has 0 bridgehead atoms. The first-order valence-electron chi connectivity index (χ1n) is 7.53. The van der Waals surface area contributed by atoms with Crippen LogP contribution in [-0.2, 0) is 4.79 Å². The molecule has 0 aliphatic carbocycles. The number of nitro benzene ring substituents is 1. The van der Waals surface area contributed by atoms with Crippen molar-refractivity contribution >= 4 is 40.8 Å². The fourth-order valence-corrected chi connectivity index (χ4v) is 3.50. The summed E-state index contributed by atoms with van der Waals surface area (Å²) >= 11 is 12.1. The van der Waals surface area contributed by atoms with Crippen LogP contribution in [0, 0.1) is 10.1 Å². The minimum atomic E-state index is -1.06. The number of amides is 1. The summed E-state index contributed by atoms with van der Waals surface area (Å²) in [7, 11) is 0. The van der Waals surface area contributed by atoms with Crippen molar-refractivity contribution in [3.63, 3.8) is 0 Å². The smallest absolute Gasteiger partial charge is 0.326 e. The lowest BCUT2D eigenvalue weighted by molar-refractivity contribution is -0.384. The first kappa shape index (κ1) is 18.2. The molecular formula is C15H12Cl2N4O5. The molecule has 2 heterocycles.